The molecular weight excluding hydrogens is 272 g/mol. The van der Waals surface area contributed by atoms with Crippen LogP contribution in [0.1, 0.15) is 38.7 Å². The van der Waals surface area contributed by atoms with Crippen molar-refractivity contribution in [1.29, 1.82) is 5.26 Å². The van der Waals surface area contributed by atoms with Crippen LogP contribution in [-0.2, 0) is 0 Å². The van der Waals surface area contributed by atoms with Gasteiger partial charge in [-0.3, -0.25) is 0 Å². The highest BCUT2D eigenvalue weighted by atomic mass is 15.2. The molecule has 22 heavy (non-hydrogen) atoms. The predicted molar refractivity (Wildman–Crippen MR) is 88.7 cm³/mol. The summed E-state index contributed by atoms with van der Waals surface area (Å²) in [6.07, 6.45) is 5.62. The van der Waals surface area contributed by atoms with Crippen molar-refractivity contribution in [2.75, 3.05) is 37.6 Å². The summed E-state index contributed by atoms with van der Waals surface area (Å²) < 4.78 is 0. The molecule has 4 heteroatoms. The number of piperidine rings is 1. The van der Waals surface area contributed by atoms with E-state index in [4.69, 9.17) is 5.26 Å². The van der Waals surface area contributed by atoms with Gasteiger partial charge >= 0.3 is 0 Å². The van der Waals surface area contributed by atoms with E-state index in [1.807, 2.05) is 12.1 Å². The quantitative estimate of drug-likeness (QED) is 0.860. The number of pyridine rings is 1. The topological polar surface area (TPSA) is 43.2 Å². The molecule has 2 saturated heterocycles. The van der Waals surface area contributed by atoms with Crippen molar-refractivity contribution in [3.05, 3.63) is 23.9 Å². The lowest BCUT2D eigenvalue weighted by atomic mass is 9.79. The van der Waals surface area contributed by atoms with Crippen molar-refractivity contribution in [1.82, 2.24) is 9.88 Å². The van der Waals surface area contributed by atoms with Gasteiger partial charge in [-0.25, -0.2) is 4.98 Å². The van der Waals surface area contributed by atoms with Gasteiger partial charge in [-0.2, -0.15) is 5.26 Å². The Hall–Kier alpha value is -1.60. The van der Waals surface area contributed by atoms with Crippen molar-refractivity contribution in [3.63, 3.8) is 0 Å². The van der Waals surface area contributed by atoms with Gasteiger partial charge in [-0.15, -0.1) is 0 Å². The molecule has 0 saturated carbocycles. The van der Waals surface area contributed by atoms with Gasteiger partial charge in [-0.1, -0.05) is 13.8 Å². The lowest BCUT2D eigenvalue weighted by Gasteiger charge is -2.41. The lowest BCUT2D eigenvalue weighted by Crippen LogP contribution is -2.46. The van der Waals surface area contributed by atoms with E-state index in [1.165, 1.54) is 38.9 Å². The van der Waals surface area contributed by atoms with Crippen LogP contribution in [0.4, 0.5) is 5.82 Å². The second kappa shape index (κ2) is 6.26. The van der Waals surface area contributed by atoms with E-state index in [1.54, 1.807) is 6.20 Å². The maximum absolute atomic E-state index is 8.88. The van der Waals surface area contributed by atoms with Gasteiger partial charge in [0.15, 0.2) is 0 Å². The third-order valence-electron chi connectivity index (χ3n) is 5.00. The molecule has 4 nitrogen and oxygen atoms in total. The van der Waals surface area contributed by atoms with Gasteiger partial charge in [0.1, 0.15) is 11.9 Å². The number of anilines is 1. The van der Waals surface area contributed by atoms with Crippen LogP contribution in [0.3, 0.4) is 0 Å². The first-order valence-electron chi connectivity index (χ1n) is 8.44. The van der Waals surface area contributed by atoms with E-state index in [2.05, 4.69) is 34.7 Å². The maximum atomic E-state index is 8.88. The third kappa shape index (κ3) is 3.25. The first kappa shape index (κ1) is 15.3. The molecule has 0 unspecified atom stereocenters. The molecule has 1 atom stereocenters. The largest absolute Gasteiger partial charge is 0.356 e. The molecule has 1 aromatic rings. The van der Waals surface area contributed by atoms with E-state index in [0.29, 0.717) is 11.0 Å². The Morgan fingerprint density at radius 1 is 1.27 bits per heavy atom. The van der Waals surface area contributed by atoms with Crippen LogP contribution in [0.2, 0.25) is 0 Å². The molecule has 3 heterocycles. The van der Waals surface area contributed by atoms with Crippen LogP contribution in [0.5, 0.6) is 0 Å². The molecule has 0 amide bonds. The molecule has 1 aromatic heterocycles. The summed E-state index contributed by atoms with van der Waals surface area (Å²) in [5.74, 6) is 1.77. The molecule has 0 aromatic carbocycles. The Balaban J connectivity index is 1.66. The number of hydrogen-bond donors (Lipinski definition) is 0. The molecule has 0 aliphatic carbocycles. The molecule has 2 fully saturated rings. The van der Waals surface area contributed by atoms with Gasteiger partial charge in [-0.05, 0) is 43.9 Å². The Morgan fingerprint density at radius 2 is 2.14 bits per heavy atom. The molecule has 0 N–H and O–H groups in total. The van der Waals surface area contributed by atoms with Gasteiger partial charge in [0.05, 0.1) is 5.56 Å². The summed E-state index contributed by atoms with van der Waals surface area (Å²) in [6.45, 7) is 10.5. The van der Waals surface area contributed by atoms with E-state index in [0.717, 1.165) is 24.8 Å². The highest BCUT2D eigenvalue weighted by molar-refractivity contribution is 5.43. The standard InChI is InChI=1S/C18H26N4/c1-15(2)12-21-8-3-6-18(13-21)7-9-22(14-18)17-5-4-16(10-19)11-20-17/h4-5,11,15H,3,6-9,12-14H2,1-2H3/t18-/m1/s1. The third-order valence-corrected chi connectivity index (χ3v) is 5.00. The number of aromatic nitrogens is 1. The van der Waals surface area contributed by atoms with E-state index in [-0.39, 0.29) is 0 Å². The van der Waals surface area contributed by atoms with Crippen molar-refractivity contribution in [3.8, 4) is 6.07 Å². The molecule has 118 valence electrons. The average Bonchev–Trinajstić information content (AvgIpc) is 2.90. The number of nitriles is 1. The van der Waals surface area contributed by atoms with Crippen LogP contribution >= 0.6 is 0 Å². The Labute approximate surface area is 133 Å². The minimum Gasteiger partial charge on any atom is -0.356 e. The van der Waals surface area contributed by atoms with Crippen molar-refractivity contribution >= 4 is 5.82 Å². The van der Waals surface area contributed by atoms with Crippen molar-refractivity contribution in [2.24, 2.45) is 11.3 Å². The smallest absolute Gasteiger partial charge is 0.128 e. The number of likely N-dealkylation sites (tertiary alicyclic amines) is 1. The molecule has 2 aliphatic rings. The second-order valence-electron chi connectivity index (χ2n) is 7.42. The van der Waals surface area contributed by atoms with Crippen molar-refractivity contribution in [2.45, 2.75) is 33.1 Å². The molecule has 1 spiro atoms. The first-order valence-corrected chi connectivity index (χ1v) is 8.44. The molecular formula is C18H26N4. The minimum absolute atomic E-state index is 0.447. The highest BCUT2D eigenvalue weighted by Gasteiger charge is 2.41. The van der Waals surface area contributed by atoms with Gasteiger partial charge in [0.25, 0.3) is 0 Å². The van der Waals surface area contributed by atoms with Crippen LogP contribution in [0.25, 0.3) is 0 Å². The van der Waals surface area contributed by atoms with Gasteiger partial charge < -0.3 is 9.80 Å². The predicted octanol–water partition coefficient (Wildman–Crippen LogP) is 2.90. The van der Waals surface area contributed by atoms with Crippen LogP contribution < -0.4 is 4.90 Å². The summed E-state index contributed by atoms with van der Waals surface area (Å²) in [5, 5.41) is 8.88. The Morgan fingerprint density at radius 3 is 2.82 bits per heavy atom. The Kier molecular flexibility index (Phi) is 4.35. The maximum Gasteiger partial charge on any atom is 0.128 e. The fourth-order valence-corrected chi connectivity index (χ4v) is 4.09. The highest BCUT2D eigenvalue weighted by Crippen LogP contribution is 2.40. The summed E-state index contributed by atoms with van der Waals surface area (Å²) in [4.78, 5) is 9.53. The molecule has 0 radical (unpaired) electrons. The SMILES string of the molecule is CC(C)CN1CCC[C@@]2(CCN(c3ccc(C#N)cn3)C2)C1. The zero-order chi connectivity index (χ0) is 15.6. The molecule has 3 rings (SSSR count). The summed E-state index contributed by atoms with van der Waals surface area (Å²) in [6, 6.07) is 6.00. The normalized spacial score (nSPS) is 25.8. The average molecular weight is 298 g/mol. The number of hydrogen-bond acceptors (Lipinski definition) is 4. The second-order valence-corrected chi connectivity index (χ2v) is 7.42. The summed E-state index contributed by atoms with van der Waals surface area (Å²) in [7, 11) is 0. The summed E-state index contributed by atoms with van der Waals surface area (Å²) in [5.41, 5.74) is 1.08. The zero-order valence-corrected chi connectivity index (χ0v) is 13.8. The summed E-state index contributed by atoms with van der Waals surface area (Å²) >= 11 is 0. The van der Waals surface area contributed by atoms with Gasteiger partial charge in [0.2, 0.25) is 0 Å². The van der Waals surface area contributed by atoms with Crippen LogP contribution in [0.15, 0.2) is 18.3 Å². The minimum atomic E-state index is 0.447. The van der Waals surface area contributed by atoms with E-state index in [9.17, 15) is 0 Å². The first-order chi connectivity index (χ1) is 10.6. The van der Waals surface area contributed by atoms with Gasteiger partial charge in [0, 0.05) is 37.8 Å². The number of nitrogens with zero attached hydrogens (tertiary/aromatic N) is 4. The Bertz CT molecular complexity index is 545. The van der Waals surface area contributed by atoms with E-state index >= 15 is 0 Å². The lowest BCUT2D eigenvalue weighted by molar-refractivity contribution is 0.0951. The monoisotopic (exact) mass is 298 g/mol. The van der Waals surface area contributed by atoms with Crippen LogP contribution in [-0.4, -0.2) is 42.6 Å². The molecule has 0 bridgehead atoms. The van der Waals surface area contributed by atoms with Crippen LogP contribution in [0, 0.1) is 22.7 Å². The fraction of sp³-hybridized carbons (Fsp3) is 0.667. The zero-order valence-electron chi connectivity index (χ0n) is 13.8. The fourth-order valence-electron chi connectivity index (χ4n) is 4.09. The van der Waals surface area contributed by atoms with E-state index < -0.39 is 0 Å². The molecule has 2 aliphatic heterocycles. The van der Waals surface area contributed by atoms with Crippen molar-refractivity contribution < 1.29 is 0 Å². The number of rotatable bonds is 3.